The first kappa shape index (κ1) is 20.3. The lowest BCUT2D eigenvalue weighted by Gasteiger charge is -2.25. The van der Waals surface area contributed by atoms with Crippen LogP contribution in [0.3, 0.4) is 0 Å². The Hall–Kier alpha value is -0.650. The molecule has 1 saturated heterocycles. The SMILES string of the molecule is C1COCCN1.CC(=O)NCCC(C)(C)OCCC(C)C. The first-order chi connectivity index (χ1) is 9.83. The van der Waals surface area contributed by atoms with Gasteiger partial charge < -0.3 is 20.1 Å². The van der Waals surface area contributed by atoms with E-state index in [1.807, 2.05) is 0 Å². The molecule has 1 amide bonds. The molecule has 0 aromatic rings. The average molecular weight is 302 g/mol. The zero-order valence-corrected chi connectivity index (χ0v) is 14.5. The highest BCUT2D eigenvalue weighted by Gasteiger charge is 2.17. The summed E-state index contributed by atoms with van der Waals surface area (Å²) in [7, 11) is 0. The van der Waals surface area contributed by atoms with Crippen LogP contribution in [0.5, 0.6) is 0 Å². The van der Waals surface area contributed by atoms with Gasteiger partial charge in [0.2, 0.25) is 5.91 Å². The molecule has 0 radical (unpaired) electrons. The van der Waals surface area contributed by atoms with Crippen molar-refractivity contribution in [1.29, 1.82) is 0 Å². The van der Waals surface area contributed by atoms with Crippen molar-refractivity contribution in [3.63, 3.8) is 0 Å². The van der Waals surface area contributed by atoms with E-state index < -0.39 is 0 Å². The third kappa shape index (κ3) is 15.6. The van der Waals surface area contributed by atoms with Crippen LogP contribution in [0.15, 0.2) is 0 Å². The van der Waals surface area contributed by atoms with Crippen LogP contribution < -0.4 is 10.6 Å². The Morgan fingerprint density at radius 1 is 1.33 bits per heavy atom. The molecule has 0 unspecified atom stereocenters. The molecule has 0 aliphatic carbocycles. The highest BCUT2D eigenvalue weighted by atomic mass is 16.5. The first-order valence-corrected chi connectivity index (χ1v) is 8.00. The molecule has 0 aromatic heterocycles. The van der Waals surface area contributed by atoms with Gasteiger partial charge in [0.05, 0.1) is 18.8 Å². The molecular weight excluding hydrogens is 268 g/mol. The molecule has 5 heteroatoms. The molecule has 0 aromatic carbocycles. The lowest BCUT2D eigenvalue weighted by atomic mass is 10.0. The van der Waals surface area contributed by atoms with Crippen molar-refractivity contribution in [3.8, 4) is 0 Å². The summed E-state index contributed by atoms with van der Waals surface area (Å²) in [5.41, 5.74) is -0.142. The largest absolute Gasteiger partial charge is 0.379 e. The van der Waals surface area contributed by atoms with E-state index in [9.17, 15) is 4.79 Å². The lowest BCUT2D eigenvalue weighted by Crippen LogP contribution is -2.32. The molecular formula is C16H34N2O3. The van der Waals surface area contributed by atoms with Crippen LogP contribution >= 0.6 is 0 Å². The summed E-state index contributed by atoms with van der Waals surface area (Å²) in [6.45, 7) is 15.4. The summed E-state index contributed by atoms with van der Waals surface area (Å²) < 4.78 is 10.8. The van der Waals surface area contributed by atoms with E-state index in [4.69, 9.17) is 9.47 Å². The van der Waals surface area contributed by atoms with Crippen molar-refractivity contribution in [1.82, 2.24) is 10.6 Å². The molecule has 0 bridgehead atoms. The van der Waals surface area contributed by atoms with Gasteiger partial charge in [-0.3, -0.25) is 4.79 Å². The third-order valence-corrected chi connectivity index (χ3v) is 3.14. The Kier molecular flexibility index (Phi) is 11.6. The van der Waals surface area contributed by atoms with Gasteiger partial charge in [0.25, 0.3) is 0 Å². The number of hydrogen-bond donors (Lipinski definition) is 2. The maximum atomic E-state index is 10.7. The summed E-state index contributed by atoms with van der Waals surface area (Å²) in [5, 5.41) is 5.94. The van der Waals surface area contributed by atoms with E-state index in [1.165, 1.54) is 6.92 Å². The van der Waals surface area contributed by atoms with Gasteiger partial charge >= 0.3 is 0 Å². The number of ether oxygens (including phenoxy) is 2. The van der Waals surface area contributed by atoms with Gasteiger partial charge in [-0.15, -0.1) is 0 Å². The smallest absolute Gasteiger partial charge is 0.216 e. The zero-order chi connectivity index (χ0) is 16.1. The monoisotopic (exact) mass is 302 g/mol. The second-order valence-corrected chi connectivity index (χ2v) is 6.39. The summed E-state index contributed by atoms with van der Waals surface area (Å²) in [6.07, 6.45) is 1.94. The van der Waals surface area contributed by atoms with Crippen LogP contribution in [0.25, 0.3) is 0 Å². The minimum atomic E-state index is -0.142. The van der Waals surface area contributed by atoms with Crippen LogP contribution in [0.4, 0.5) is 0 Å². The maximum Gasteiger partial charge on any atom is 0.216 e. The van der Waals surface area contributed by atoms with E-state index >= 15 is 0 Å². The minimum Gasteiger partial charge on any atom is -0.379 e. The number of carbonyl (C=O) groups excluding carboxylic acids is 1. The molecule has 5 nitrogen and oxygen atoms in total. The fraction of sp³-hybridized carbons (Fsp3) is 0.938. The number of rotatable bonds is 7. The fourth-order valence-electron chi connectivity index (χ4n) is 1.70. The van der Waals surface area contributed by atoms with Crippen LogP contribution in [0.1, 0.15) is 47.5 Å². The van der Waals surface area contributed by atoms with Gasteiger partial charge in [-0.2, -0.15) is 0 Å². The maximum absolute atomic E-state index is 10.7. The van der Waals surface area contributed by atoms with Crippen LogP contribution in [-0.2, 0) is 14.3 Å². The summed E-state index contributed by atoms with van der Waals surface area (Å²) in [4.78, 5) is 10.7. The Balaban J connectivity index is 0.000000547. The van der Waals surface area contributed by atoms with Crippen LogP contribution in [-0.4, -0.2) is 51.0 Å². The quantitative estimate of drug-likeness (QED) is 0.755. The Bertz CT molecular complexity index is 253. The van der Waals surface area contributed by atoms with Gasteiger partial charge in [0.15, 0.2) is 0 Å². The van der Waals surface area contributed by atoms with E-state index in [2.05, 4.69) is 38.3 Å². The number of morpholine rings is 1. The molecule has 126 valence electrons. The predicted molar refractivity (Wildman–Crippen MR) is 86.5 cm³/mol. The highest BCUT2D eigenvalue weighted by Crippen LogP contribution is 2.15. The molecule has 1 aliphatic rings. The van der Waals surface area contributed by atoms with Gasteiger partial charge in [0.1, 0.15) is 0 Å². The van der Waals surface area contributed by atoms with Crippen molar-refractivity contribution in [2.45, 2.75) is 53.1 Å². The molecule has 21 heavy (non-hydrogen) atoms. The minimum absolute atomic E-state index is 0.0213. The number of amides is 1. The van der Waals surface area contributed by atoms with E-state index in [0.29, 0.717) is 12.5 Å². The van der Waals surface area contributed by atoms with Crippen molar-refractivity contribution in [3.05, 3.63) is 0 Å². The lowest BCUT2D eigenvalue weighted by molar-refractivity contribution is -0.119. The van der Waals surface area contributed by atoms with Crippen LogP contribution in [0, 0.1) is 5.92 Å². The molecule has 0 saturated carbocycles. The second kappa shape index (κ2) is 12.0. The molecule has 1 rings (SSSR count). The normalized spacial score (nSPS) is 15.3. The summed E-state index contributed by atoms with van der Waals surface area (Å²) in [5.74, 6) is 0.698. The molecule has 0 spiro atoms. The average Bonchev–Trinajstić information content (AvgIpc) is 2.40. The molecule has 1 aliphatic heterocycles. The summed E-state index contributed by atoms with van der Waals surface area (Å²) >= 11 is 0. The molecule has 1 heterocycles. The topological polar surface area (TPSA) is 59.6 Å². The van der Waals surface area contributed by atoms with E-state index in [1.54, 1.807) is 0 Å². The van der Waals surface area contributed by atoms with Crippen LogP contribution in [0.2, 0.25) is 0 Å². The van der Waals surface area contributed by atoms with Gasteiger partial charge in [-0.25, -0.2) is 0 Å². The number of carbonyl (C=O) groups is 1. The second-order valence-electron chi connectivity index (χ2n) is 6.39. The Labute approximate surface area is 130 Å². The highest BCUT2D eigenvalue weighted by molar-refractivity contribution is 5.72. The predicted octanol–water partition coefficient (Wildman–Crippen LogP) is 1.96. The van der Waals surface area contributed by atoms with Gasteiger partial charge in [-0.1, -0.05) is 13.8 Å². The summed E-state index contributed by atoms with van der Waals surface area (Å²) in [6, 6.07) is 0. The Morgan fingerprint density at radius 3 is 2.33 bits per heavy atom. The number of hydrogen-bond acceptors (Lipinski definition) is 4. The van der Waals surface area contributed by atoms with Crippen molar-refractivity contribution in [2.75, 3.05) is 39.5 Å². The number of nitrogens with one attached hydrogen (secondary N) is 2. The first-order valence-electron chi connectivity index (χ1n) is 8.00. The van der Waals surface area contributed by atoms with Crippen molar-refractivity contribution >= 4 is 5.91 Å². The third-order valence-electron chi connectivity index (χ3n) is 3.14. The fourth-order valence-corrected chi connectivity index (χ4v) is 1.70. The van der Waals surface area contributed by atoms with Crippen molar-refractivity contribution < 1.29 is 14.3 Å². The molecule has 2 N–H and O–H groups in total. The molecule has 1 fully saturated rings. The zero-order valence-electron chi connectivity index (χ0n) is 14.5. The van der Waals surface area contributed by atoms with Gasteiger partial charge in [0, 0.05) is 33.2 Å². The van der Waals surface area contributed by atoms with E-state index in [0.717, 1.165) is 45.8 Å². The van der Waals surface area contributed by atoms with E-state index in [-0.39, 0.29) is 11.5 Å². The Morgan fingerprint density at radius 2 is 1.95 bits per heavy atom. The van der Waals surface area contributed by atoms with Gasteiger partial charge in [-0.05, 0) is 32.6 Å². The standard InChI is InChI=1S/C12H25NO2.C4H9NO/c1-10(2)6-9-15-12(4,5)7-8-13-11(3)14;1-3-6-4-2-5-1/h10H,6-9H2,1-5H3,(H,13,14);5H,1-4H2. The molecule has 0 atom stereocenters. The van der Waals surface area contributed by atoms with Crippen molar-refractivity contribution in [2.24, 2.45) is 5.92 Å².